The van der Waals surface area contributed by atoms with E-state index in [0.717, 1.165) is 16.8 Å². The van der Waals surface area contributed by atoms with Gasteiger partial charge in [0.05, 0.1) is 0 Å². The zero-order chi connectivity index (χ0) is 17.6. The molecule has 1 N–H and O–H groups in total. The molecule has 3 nitrogen and oxygen atoms in total. The molecule has 126 valence electrons. The van der Waals surface area contributed by atoms with E-state index in [2.05, 4.69) is 5.32 Å². The molecular formula is C21H18ClNO2. The van der Waals surface area contributed by atoms with Crippen molar-refractivity contribution in [1.29, 1.82) is 0 Å². The quantitative estimate of drug-likeness (QED) is 0.667. The summed E-state index contributed by atoms with van der Waals surface area (Å²) in [4.78, 5) is 12.5. The highest BCUT2D eigenvalue weighted by Gasteiger charge is 2.16. The van der Waals surface area contributed by atoms with Crippen LogP contribution in [0.2, 0.25) is 5.02 Å². The van der Waals surface area contributed by atoms with Crippen molar-refractivity contribution in [3.05, 3.63) is 83.9 Å². The van der Waals surface area contributed by atoms with Crippen LogP contribution in [0.15, 0.2) is 78.9 Å². The van der Waals surface area contributed by atoms with Crippen molar-refractivity contribution in [3.63, 3.8) is 0 Å². The van der Waals surface area contributed by atoms with Gasteiger partial charge in [0, 0.05) is 16.3 Å². The Balaban J connectivity index is 1.75. The molecule has 0 unspecified atom stereocenters. The summed E-state index contributed by atoms with van der Waals surface area (Å²) in [7, 11) is 0. The molecule has 0 aliphatic rings. The van der Waals surface area contributed by atoms with Crippen molar-refractivity contribution < 1.29 is 9.53 Å². The van der Waals surface area contributed by atoms with Crippen LogP contribution in [-0.2, 0) is 4.79 Å². The Labute approximate surface area is 152 Å². The van der Waals surface area contributed by atoms with Crippen molar-refractivity contribution in [2.75, 3.05) is 5.32 Å². The minimum atomic E-state index is -0.651. The number of nitrogens with one attached hydrogen (secondary N) is 1. The molecule has 0 aromatic heterocycles. The Bertz CT molecular complexity index is 865. The number of amides is 1. The summed E-state index contributed by atoms with van der Waals surface area (Å²) in [5.41, 5.74) is 2.76. The molecule has 3 aromatic rings. The van der Waals surface area contributed by atoms with Gasteiger partial charge in [0.15, 0.2) is 6.10 Å². The lowest BCUT2D eigenvalue weighted by molar-refractivity contribution is -0.122. The van der Waals surface area contributed by atoms with E-state index in [1.807, 2.05) is 54.6 Å². The molecule has 4 heteroatoms. The zero-order valence-corrected chi connectivity index (χ0v) is 14.5. The molecule has 3 aromatic carbocycles. The number of halogens is 1. The molecule has 0 saturated heterocycles. The molecule has 0 heterocycles. The van der Waals surface area contributed by atoms with Crippen LogP contribution in [0.25, 0.3) is 11.1 Å². The first-order chi connectivity index (χ1) is 12.1. The zero-order valence-electron chi connectivity index (χ0n) is 13.8. The fourth-order valence-corrected chi connectivity index (χ4v) is 2.67. The molecule has 25 heavy (non-hydrogen) atoms. The fourth-order valence-electron chi connectivity index (χ4n) is 2.49. The number of para-hydroxylation sites is 1. The molecule has 0 spiro atoms. The molecule has 0 radical (unpaired) electrons. The second-order valence-electron chi connectivity index (χ2n) is 5.62. The van der Waals surface area contributed by atoms with Crippen LogP contribution < -0.4 is 10.1 Å². The molecule has 0 saturated carbocycles. The Hall–Kier alpha value is -2.78. The largest absolute Gasteiger partial charge is 0.481 e. The van der Waals surface area contributed by atoms with E-state index in [9.17, 15) is 4.79 Å². The molecule has 0 bridgehead atoms. The molecule has 0 aliphatic carbocycles. The van der Waals surface area contributed by atoms with Crippen LogP contribution in [0.3, 0.4) is 0 Å². The third-order valence-corrected chi connectivity index (χ3v) is 3.98. The van der Waals surface area contributed by atoms with E-state index in [1.54, 1.807) is 31.2 Å². The third kappa shape index (κ3) is 4.40. The number of hydrogen-bond donors (Lipinski definition) is 1. The van der Waals surface area contributed by atoms with Gasteiger partial charge < -0.3 is 10.1 Å². The minimum Gasteiger partial charge on any atom is -0.481 e. The summed E-state index contributed by atoms with van der Waals surface area (Å²) in [6.45, 7) is 1.71. The number of ether oxygens (including phenoxy) is 1. The first-order valence-corrected chi connectivity index (χ1v) is 8.39. The van der Waals surface area contributed by atoms with Gasteiger partial charge in [-0.25, -0.2) is 0 Å². The Morgan fingerprint density at radius 2 is 1.68 bits per heavy atom. The fraction of sp³-hybridized carbons (Fsp3) is 0.0952. The van der Waals surface area contributed by atoms with Gasteiger partial charge >= 0.3 is 0 Å². The van der Waals surface area contributed by atoms with Crippen molar-refractivity contribution in [3.8, 4) is 16.9 Å². The molecule has 1 atom stereocenters. The lowest BCUT2D eigenvalue weighted by Gasteiger charge is -2.17. The smallest absolute Gasteiger partial charge is 0.265 e. The standard InChI is InChI=1S/C21H18ClNO2/c1-15(25-18-11-7-10-17(22)14-18)21(24)23-20-13-6-5-12-19(20)16-8-3-2-4-9-16/h2-15H,1H3,(H,23,24)/t15-/m1/s1. The van der Waals surface area contributed by atoms with E-state index in [0.29, 0.717) is 10.8 Å². The maximum Gasteiger partial charge on any atom is 0.265 e. The monoisotopic (exact) mass is 351 g/mol. The average Bonchev–Trinajstić information content (AvgIpc) is 2.63. The minimum absolute atomic E-state index is 0.219. The van der Waals surface area contributed by atoms with Crippen LogP contribution in [-0.4, -0.2) is 12.0 Å². The normalized spacial score (nSPS) is 11.6. The van der Waals surface area contributed by atoms with E-state index in [4.69, 9.17) is 16.3 Å². The van der Waals surface area contributed by atoms with Gasteiger partial charge in [-0.1, -0.05) is 66.2 Å². The number of anilines is 1. The maximum absolute atomic E-state index is 12.5. The third-order valence-electron chi connectivity index (χ3n) is 3.75. The van der Waals surface area contributed by atoms with Gasteiger partial charge in [-0.2, -0.15) is 0 Å². The van der Waals surface area contributed by atoms with Gasteiger partial charge in [0.25, 0.3) is 5.91 Å². The summed E-state index contributed by atoms with van der Waals surface area (Å²) in [5, 5.41) is 3.52. The molecule has 0 fully saturated rings. The highest BCUT2D eigenvalue weighted by molar-refractivity contribution is 6.30. The van der Waals surface area contributed by atoms with Gasteiger partial charge in [-0.15, -0.1) is 0 Å². The average molecular weight is 352 g/mol. The van der Waals surface area contributed by atoms with Gasteiger partial charge in [0.2, 0.25) is 0 Å². The van der Waals surface area contributed by atoms with E-state index in [1.165, 1.54) is 0 Å². The van der Waals surface area contributed by atoms with Gasteiger partial charge in [-0.05, 0) is 36.8 Å². The van der Waals surface area contributed by atoms with Crippen LogP contribution in [0.4, 0.5) is 5.69 Å². The topological polar surface area (TPSA) is 38.3 Å². The Morgan fingerprint density at radius 3 is 2.44 bits per heavy atom. The number of benzene rings is 3. The molecular weight excluding hydrogens is 334 g/mol. The summed E-state index contributed by atoms with van der Waals surface area (Å²) in [5.74, 6) is 0.342. The predicted molar refractivity (Wildman–Crippen MR) is 102 cm³/mol. The molecule has 1 amide bonds. The van der Waals surface area contributed by atoms with Crippen LogP contribution in [0.5, 0.6) is 5.75 Å². The van der Waals surface area contributed by atoms with Gasteiger partial charge in [-0.3, -0.25) is 4.79 Å². The van der Waals surface area contributed by atoms with Crippen molar-refractivity contribution in [2.45, 2.75) is 13.0 Å². The van der Waals surface area contributed by atoms with Crippen LogP contribution >= 0.6 is 11.6 Å². The number of carbonyl (C=O) groups excluding carboxylic acids is 1. The SMILES string of the molecule is C[C@@H](Oc1cccc(Cl)c1)C(=O)Nc1ccccc1-c1ccccc1. The van der Waals surface area contributed by atoms with Crippen molar-refractivity contribution in [1.82, 2.24) is 0 Å². The number of rotatable bonds is 5. The molecule has 0 aliphatic heterocycles. The van der Waals surface area contributed by atoms with E-state index in [-0.39, 0.29) is 5.91 Å². The first kappa shape index (κ1) is 17.1. The maximum atomic E-state index is 12.5. The van der Waals surface area contributed by atoms with Gasteiger partial charge in [0.1, 0.15) is 5.75 Å². The van der Waals surface area contributed by atoms with Crippen LogP contribution in [0.1, 0.15) is 6.92 Å². The van der Waals surface area contributed by atoms with Crippen LogP contribution in [0, 0.1) is 0 Å². The highest BCUT2D eigenvalue weighted by Crippen LogP contribution is 2.28. The Morgan fingerprint density at radius 1 is 0.960 bits per heavy atom. The second-order valence-corrected chi connectivity index (χ2v) is 6.05. The highest BCUT2D eigenvalue weighted by atomic mass is 35.5. The summed E-state index contributed by atoms with van der Waals surface area (Å²) in [6, 6.07) is 24.6. The Kier molecular flexibility index (Phi) is 5.36. The lowest BCUT2D eigenvalue weighted by atomic mass is 10.0. The number of hydrogen-bond acceptors (Lipinski definition) is 2. The second kappa shape index (κ2) is 7.86. The summed E-state index contributed by atoms with van der Waals surface area (Å²) in [6.07, 6.45) is -0.651. The summed E-state index contributed by atoms with van der Waals surface area (Å²) < 4.78 is 5.68. The number of carbonyl (C=O) groups is 1. The molecule has 3 rings (SSSR count). The van der Waals surface area contributed by atoms with E-state index < -0.39 is 6.10 Å². The summed E-state index contributed by atoms with van der Waals surface area (Å²) >= 11 is 5.95. The predicted octanol–water partition coefficient (Wildman–Crippen LogP) is 5.41. The first-order valence-electron chi connectivity index (χ1n) is 8.01. The van der Waals surface area contributed by atoms with Crippen molar-refractivity contribution >= 4 is 23.2 Å². The van der Waals surface area contributed by atoms with Crippen molar-refractivity contribution in [2.24, 2.45) is 0 Å². The lowest BCUT2D eigenvalue weighted by Crippen LogP contribution is -2.30. The van der Waals surface area contributed by atoms with E-state index >= 15 is 0 Å².